The van der Waals surface area contributed by atoms with E-state index in [2.05, 4.69) is 55.5 Å². The molecule has 0 spiro atoms. The van der Waals surface area contributed by atoms with Crippen LogP contribution in [0, 0.1) is 0 Å². The molecule has 0 aromatic heterocycles. The summed E-state index contributed by atoms with van der Waals surface area (Å²) in [5.41, 5.74) is 4.96. The summed E-state index contributed by atoms with van der Waals surface area (Å²) < 4.78 is 5.44. The monoisotopic (exact) mass is 322 g/mol. The smallest absolute Gasteiger partial charge is 0.306 e. The fourth-order valence-corrected chi connectivity index (χ4v) is 3.28. The van der Waals surface area contributed by atoms with Crippen LogP contribution >= 0.6 is 0 Å². The van der Waals surface area contributed by atoms with Gasteiger partial charge in [0.15, 0.2) is 0 Å². The molecular weight excluding hydrogens is 296 g/mol. The van der Waals surface area contributed by atoms with Gasteiger partial charge in [-0.25, -0.2) is 0 Å². The van der Waals surface area contributed by atoms with Crippen LogP contribution in [0.25, 0.3) is 11.1 Å². The third-order valence-electron chi connectivity index (χ3n) is 4.76. The highest BCUT2D eigenvalue weighted by Gasteiger charge is 2.21. The van der Waals surface area contributed by atoms with Gasteiger partial charge in [0.05, 0.1) is 0 Å². The summed E-state index contributed by atoms with van der Waals surface area (Å²) in [6.45, 7) is 2.24. The van der Waals surface area contributed by atoms with Crippen molar-refractivity contribution in [3.8, 4) is 11.1 Å². The first kappa shape index (κ1) is 16.8. The lowest BCUT2D eigenvalue weighted by molar-refractivity contribution is -0.154. The molecule has 1 heterocycles. The SMILES string of the molecule is CCCCCc1ccc(-c2ccc(C3CCCC(=O)O3)cc2)cc1. The highest BCUT2D eigenvalue weighted by molar-refractivity contribution is 5.70. The maximum absolute atomic E-state index is 11.4. The Labute approximate surface area is 144 Å². The van der Waals surface area contributed by atoms with E-state index in [0.29, 0.717) is 6.42 Å². The Bertz CT molecular complexity index is 655. The Hall–Kier alpha value is -2.09. The number of aryl methyl sites for hydroxylation is 1. The number of unbranched alkanes of at least 4 members (excludes halogenated alkanes) is 2. The number of hydrogen-bond acceptors (Lipinski definition) is 2. The van der Waals surface area contributed by atoms with E-state index in [4.69, 9.17) is 4.74 Å². The van der Waals surface area contributed by atoms with Crippen molar-refractivity contribution < 1.29 is 9.53 Å². The zero-order valence-corrected chi connectivity index (χ0v) is 14.5. The molecule has 0 N–H and O–H groups in total. The average Bonchev–Trinajstić information content (AvgIpc) is 2.63. The molecule has 0 radical (unpaired) electrons. The van der Waals surface area contributed by atoms with Crippen LogP contribution in [0.1, 0.15) is 62.7 Å². The normalized spacial score (nSPS) is 17.5. The first-order valence-electron chi connectivity index (χ1n) is 9.15. The summed E-state index contributed by atoms with van der Waals surface area (Å²) in [6.07, 6.45) is 7.34. The summed E-state index contributed by atoms with van der Waals surface area (Å²) in [7, 11) is 0. The molecule has 3 rings (SSSR count). The molecule has 1 atom stereocenters. The van der Waals surface area contributed by atoms with Gasteiger partial charge in [-0.3, -0.25) is 4.79 Å². The Kier molecular flexibility index (Phi) is 5.68. The zero-order chi connectivity index (χ0) is 16.8. The third kappa shape index (κ3) is 4.25. The highest BCUT2D eigenvalue weighted by atomic mass is 16.5. The van der Waals surface area contributed by atoms with Gasteiger partial charge in [0.25, 0.3) is 0 Å². The van der Waals surface area contributed by atoms with Gasteiger partial charge in [-0.05, 0) is 47.9 Å². The third-order valence-corrected chi connectivity index (χ3v) is 4.76. The minimum absolute atomic E-state index is 0.0683. The molecule has 0 amide bonds. The molecular formula is C22H26O2. The van der Waals surface area contributed by atoms with Crippen molar-refractivity contribution in [2.75, 3.05) is 0 Å². The average molecular weight is 322 g/mol. The van der Waals surface area contributed by atoms with Crippen molar-refractivity contribution in [2.24, 2.45) is 0 Å². The van der Waals surface area contributed by atoms with Crippen LogP contribution in [-0.4, -0.2) is 5.97 Å². The molecule has 126 valence electrons. The molecule has 2 nitrogen and oxygen atoms in total. The topological polar surface area (TPSA) is 26.3 Å². The molecule has 1 saturated heterocycles. The van der Waals surface area contributed by atoms with Crippen LogP contribution in [0.4, 0.5) is 0 Å². The van der Waals surface area contributed by atoms with Crippen LogP contribution in [-0.2, 0) is 16.0 Å². The molecule has 24 heavy (non-hydrogen) atoms. The summed E-state index contributed by atoms with van der Waals surface area (Å²) in [4.78, 5) is 11.4. The van der Waals surface area contributed by atoms with E-state index in [1.54, 1.807) is 0 Å². The number of rotatable bonds is 6. The van der Waals surface area contributed by atoms with Crippen molar-refractivity contribution in [1.29, 1.82) is 0 Å². The van der Waals surface area contributed by atoms with Crippen molar-refractivity contribution in [1.82, 2.24) is 0 Å². The zero-order valence-electron chi connectivity index (χ0n) is 14.5. The molecule has 2 aromatic rings. The molecule has 2 heteroatoms. The van der Waals surface area contributed by atoms with Gasteiger partial charge in [-0.1, -0.05) is 68.3 Å². The van der Waals surface area contributed by atoms with Gasteiger partial charge in [0.1, 0.15) is 6.10 Å². The largest absolute Gasteiger partial charge is 0.457 e. The van der Waals surface area contributed by atoms with E-state index < -0.39 is 0 Å². The molecule has 1 aliphatic rings. The first-order valence-corrected chi connectivity index (χ1v) is 9.15. The van der Waals surface area contributed by atoms with E-state index >= 15 is 0 Å². The molecule has 2 aromatic carbocycles. The van der Waals surface area contributed by atoms with E-state index in [0.717, 1.165) is 18.4 Å². The lowest BCUT2D eigenvalue weighted by Gasteiger charge is -2.22. The minimum Gasteiger partial charge on any atom is -0.457 e. The van der Waals surface area contributed by atoms with Gasteiger partial charge in [-0.2, -0.15) is 0 Å². The number of carbonyl (C=O) groups excluding carboxylic acids is 1. The number of hydrogen-bond donors (Lipinski definition) is 0. The first-order chi connectivity index (χ1) is 11.8. The van der Waals surface area contributed by atoms with Gasteiger partial charge < -0.3 is 4.74 Å². The van der Waals surface area contributed by atoms with Crippen LogP contribution in [0.15, 0.2) is 48.5 Å². The summed E-state index contributed by atoms with van der Waals surface area (Å²) in [6, 6.07) is 17.3. The second-order valence-corrected chi connectivity index (χ2v) is 6.65. The van der Waals surface area contributed by atoms with Crippen LogP contribution in [0.3, 0.4) is 0 Å². The number of carbonyl (C=O) groups is 1. The van der Waals surface area contributed by atoms with Crippen LogP contribution in [0.5, 0.6) is 0 Å². The minimum atomic E-state index is -0.0750. The van der Waals surface area contributed by atoms with E-state index in [1.165, 1.54) is 42.4 Å². The highest BCUT2D eigenvalue weighted by Crippen LogP contribution is 2.30. The van der Waals surface area contributed by atoms with Crippen molar-refractivity contribution in [3.05, 3.63) is 59.7 Å². The summed E-state index contributed by atoms with van der Waals surface area (Å²) in [5, 5.41) is 0. The molecule has 1 aliphatic heterocycles. The maximum atomic E-state index is 11.4. The van der Waals surface area contributed by atoms with E-state index in [-0.39, 0.29) is 12.1 Å². The Balaban J connectivity index is 1.65. The van der Waals surface area contributed by atoms with Crippen molar-refractivity contribution >= 4 is 5.97 Å². The summed E-state index contributed by atoms with van der Waals surface area (Å²) in [5.74, 6) is -0.0750. The predicted octanol–water partition coefficient (Wildman–Crippen LogP) is 5.85. The molecule has 0 aliphatic carbocycles. The number of cyclic esters (lactones) is 1. The van der Waals surface area contributed by atoms with Gasteiger partial charge in [0, 0.05) is 6.42 Å². The number of benzene rings is 2. The number of esters is 1. The maximum Gasteiger partial charge on any atom is 0.306 e. The lowest BCUT2D eigenvalue weighted by Crippen LogP contribution is -2.16. The Morgan fingerprint density at radius 3 is 2.25 bits per heavy atom. The predicted molar refractivity (Wildman–Crippen MR) is 97.8 cm³/mol. The van der Waals surface area contributed by atoms with Crippen LogP contribution in [0.2, 0.25) is 0 Å². The van der Waals surface area contributed by atoms with Gasteiger partial charge in [-0.15, -0.1) is 0 Å². The van der Waals surface area contributed by atoms with E-state index in [1.807, 2.05) is 0 Å². The lowest BCUT2D eigenvalue weighted by atomic mass is 9.97. The fraction of sp³-hybridized carbons (Fsp3) is 0.409. The fourth-order valence-electron chi connectivity index (χ4n) is 3.28. The van der Waals surface area contributed by atoms with Crippen LogP contribution < -0.4 is 0 Å². The van der Waals surface area contributed by atoms with Gasteiger partial charge in [0.2, 0.25) is 0 Å². The van der Waals surface area contributed by atoms with Gasteiger partial charge >= 0.3 is 5.97 Å². The second kappa shape index (κ2) is 8.14. The molecule has 1 fully saturated rings. The standard InChI is InChI=1S/C22H26O2/c1-2-3-4-6-17-9-11-18(12-10-17)19-13-15-20(16-14-19)21-7-5-8-22(23)24-21/h9-16,21H,2-8H2,1H3. The molecule has 1 unspecified atom stereocenters. The Morgan fingerprint density at radius 2 is 1.62 bits per heavy atom. The van der Waals surface area contributed by atoms with Crippen molar-refractivity contribution in [3.63, 3.8) is 0 Å². The molecule has 0 bridgehead atoms. The quantitative estimate of drug-likeness (QED) is 0.492. The molecule has 0 saturated carbocycles. The summed E-state index contributed by atoms with van der Waals surface area (Å²) >= 11 is 0. The van der Waals surface area contributed by atoms with E-state index in [9.17, 15) is 4.79 Å². The number of ether oxygens (including phenoxy) is 1. The Morgan fingerprint density at radius 1 is 0.958 bits per heavy atom. The van der Waals surface area contributed by atoms with Crippen molar-refractivity contribution in [2.45, 2.75) is 58.0 Å². The second-order valence-electron chi connectivity index (χ2n) is 6.65.